The van der Waals surface area contributed by atoms with Gasteiger partial charge in [-0.1, -0.05) is 12.8 Å². The summed E-state index contributed by atoms with van der Waals surface area (Å²) >= 11 is 0. The predicted molar refractivity (Wildman–Crippen MR) is 64.3 cm³/mol. The molecule has 2 N–H and O–H groups in total. The van der Waals surface area contributed by atoms with Crippen LogP contribution in [0.25, 0.3) is 0 Å². The summed E-state index contributed by atoms with van der Waals surface area (Å²) in [6, 6.07) is 0.859. The number of likely N-dealkylation sites (tertiary alicyclic amines) is 1. The Bertz CT molecular complexity index is 220. The van der Waals surface area contributed by atoms with Gasteiger partial charge in [-0.2, -0.15) is 0 Å². The van der Waals surface area contributed by atoms with E-state index in [0.29, 0.717) is 12.1 Å². The first-order chi connectivity index (χ1) is 7.68. The van der Waals surface area contributed by atoms with Gasteiger partial charge in [0.15, 0.2) is 0 Å². The number of aliphatic hydroxyl groups excluding tert-OH is 2. The Balaban J connectivity index is 1.95. The number of aliphatic hydroxyl groups is 2. The fourth-order valence-corrected chi connectivity index (χ4v) is 3.42. The van der Waals surface area contributed by atoms with E-state index in [2.05, 4.69) is 4.90 Å². The third-order valence-corrected chi connectivity index (χ3v) is 4.16. The monoisotopic (exact) mass is 227 g/mol. The van der Waals surface area contributed by atoms with Gasteiger partial charge < -0.3 is 10.2 Å². The maximum absolute atomic E-state index is 10.1. The highest BCUT2D eigenvalue weighted by Gasteiger charge is 2.35. The largest absolute Gasteiger partial charge is 0.393 e. The van der Waals surface area contributed by atoms with Crippen molar-refractivity contribution in [3.8, 4) is 0 Å². The summed E-state index contributed by atoms with van der Waals surface area (Å²) in [7, 11) is 0. The lowest BCUT2D eigenvalue weighted by molar-refractivity contribution is 0.00441. The molecule has 0 bridgehead atoms. The molecule has 1 saturated carbocycles. The molecule has 1 aliphatic heterocycles. The molecule has 1 saturated heterocycles. The zero-order valence-electron chi connectivity index (χ0n) is 10.3. The average Bonchev–Trinajstić information content (AvgIpc) is 2.66. The maximum atomic E-state index is 10.1. The maximum Gasteiger partial charge on any atom is 0.0695 e. The molecule has 0 amide bonds. The van der Waals surface area contributed by atoms with Crippen LogP contribution in [0.3, 0.4) is 0 Å². The molecule has 4 unspecified atom stereocenters. The van der Waals surface area contributed by atoms with Gasteiger partial charge >= 0.3 is 0 Å². The van der Waals surface area contributed by atoms with Crippen LogP contribution in [0.4, 0.5) is 0 Å². The minimum atomic E-state index is -0.216. The first-order valence-electron chi connectivity index (χ1n) is 6.80. The molecule has 3 heteroatoms. The third-order valence-electron chi connectivity index (χ3n) is 4.16. The summed E-state index contributed by atoms with van der Waals surface area (Å²) in [5.74, 6) is 0. The van der Waals surface area contributed by atoms with Gasteiger partial charge in [0.25, 0.3) is 0 Å². The fourth-order valence-electron chi connectivity index (χ4n) is 3.42. The molecule has 2 fully saturated rings. The molecule has 0 spiro atoms. The number of rotatable bonds is 3. The van der Waals surface area contributed by atoms with Crippen LogP contribution in [-0.2, 0) is 0 Å². The Morgan fingerprint density at radius 1 is 1.19 bits per heavy atom. The number of hydrogen-bond acceptors (Lipinski definition) is 3. The van der Waals surface area contributed by atoms with E-state index in [1.54, 1.807) is 0 Å². The SMILES string of the molecule is CC(O)CC1CCCN1C1CCCCC1O. The van der Waals surface area contributed by atoms with Crippen LogP contribution in [0.2, 0.25) is 0 Å². The fraction of sp³-hybridized carbons (Fsp3) is 1.00. The first kappa shape index (κ1) is 12.3. The van der Waals surface area contributed by atoms with E-state index in [1.807, 2.05) is 6.92 Å². The second kappa shape index (κ2) is 5.48. The Morgan fingerprint density at radius 2 is 1.94 bits per heavy atom. The Hall–Kier alpha value is -0.120. The Kier molecular flexibility index (Phi) is 4.22. The third kappa shape index (κ3) is 2.76. The predicted octanol–water partition coefficient (Wildman–Crippen LogP) is 1.53. The molecule has 1 aliphatic carbocycles. The van der Waals surface area contributed by atoms with Crippen LogP contribution in [0.1, 0.15) is 51.9 Å². The first-order valence-corrected chi connectivity index (χ1v) is 6.80. The summed E-state index contributed by atoms with van der Waals surface area (Å²) < 4.78 is 0. The van der Waals surface area contributed by atoms with E-state index in [1.165, 1.54) is 25.7 Å². The van der Waals surface area contributed by atoms with Crippen molar-refractivity contribution < 1.29 is 10.2 Å². The molecule has 0 radical (unpaired) electrons. The molecule has 1 heterocycles. The molecule has 2 aliphatic rings. The minimum absolute atomic E-state index is 0.136. The van der Waals surface area contributed by atoms with Gasteiger partial charge in [-0.15, -0.1) is 0 Å². The van der Waals surface area contributed by atoms with Crippen LogP contribution in [-0.4, -0.2) is 45.9 Å². The highest BCUT2D eigenvalue weighted by Crippen LogP contribution is 2.31. The van der Waals surface area contributed by atoms with Crippen molar-refractivity contribution in [3.05, 3.63) is 0 Å². The molecular weight excluding hydrogens is 202 g/mol. The van der Waals surface area contributed by atoms with Crippen LogP contribution in [0.15, 0.2) is 0 Å². The minimum Gasteiger partial charge on any atom is -0.393 e. The highest BCUT2D eigenvalue weighted by atomic mass is 16.3. The standard InChI is InChI=1S/C13H25NO2/c1-10(15)9-11-5-4-8-14(11)12-6-2-3-7-13(12)16/h10-13,15-16H,2-9H2,1H3. The van der Waals surface area contributed by atoms with Gasteiger partial charge in [0.05, 0.1) is 12.2 Å². The normalized spacial score (nSPS) is 38.8. The quantitative estimate of drug-likeness (QED) is 0.768. The van der Waals surface area contributed by atoms with E-state index in [-0.39, 0.29) is 12.2 Å². The van der Waals surface area contributed by atoms with E-state index >= 15 is 0 Å². The molecule has 0 aromatic carbocycles. The van der Waals surface area contributed by atoms with E-state index in [9.17, 15) is 10.2 Å². The topological polar surface area (TPSA) is 43.7 Å². The van der Waals surface area contributed by atoms with E-state index in [4.69, 9.17) is 0 Å². The summed E-state index contributed by atoms with van der Waals surface area (Å²) in [6.45, 7) is 2.98. The molecule has 94 valence electrons. The van der Waals surface area contributed by atoms with Crippen LogP contribution >= 0.6 is 0 Å². The summed E-state index contributed by atoms with van der Waals surface area (Å²) in [5.41, 5.74) is 0. The van der Waals surface area contributed by atoms with Gasteiger partial charge in [-0.3, -0.25) is 4.90 Å². The zero-order valence-corrected chi connectivity index (χ0v) is 10.3. The highest BCUT2D eigenvalue weighted by molar-refractivity contribution is 4.90. The van der Waals surface area contributed by atoms with Gasteiger partial charge in [-0.25, -0.2) is 0 Å². The van der Waals surface area contributed by atoms with Crippen molar-refractivity contribution >= 4 is 0 Å². The lowest BCUT2D eigenvalue weighted by Gasteiger charge is -2.39. The van der Waals surface area contributed by atoms with Crippen molar-refractivity contribution in [3.63, 3.8) is 0 Å². The second-order valence-electron chi connectivity index (χ2n) is 5.54. The van der Waals surface area contributed by atoms with Crippen LogP contribution < -0.4 is 0 Å². The summed E-state index contributed by atoms with van der Waals surface area (Å²) in [6.07, 6.45) is 7.44. The van der Waals surface area contributed by atoms with Crippen molar-refractivity contribution in [1.29, 1.82) is 0 Å². The van der Waals surface area contributed by atoms with Gasteiger partial charge in [0, 0.05) is 12.1 Å². The van der Waals surface area contributed by atoms with Crippen molar-refractivity contribution in [2.75, 3.05) is 6.54 Å². The molecule has 16 heavy (non-hydrogen) atoms. The smallest absolute Gasteiger partial charge is 0.0695 e. The Labute approximate surface area is 98.5 Å². The summed E-state index contributed by atoms with van der Waals surface area (Å²) in [5, 5.41) is 19.6. The molecule has 4 atom stereocenters. The second-order valence-corrected chi connectivity index (χ2v) is 5.54. The van der Waals surface area contributed by atoms with Gasteiger partial charge in [0.2, 0.25) is 0 Å². The number of hydrogen-bond donors (Lipinski definition) is 2. The van der Waals surface area contributed by atoms with Gasteiger partial charge in [0.1, 0.15) is 0 Å². The summed E-state index contributed by atoms with van der Waals surface area (Å²) in [4.78, 5) is 2.47. The van der Waals surface area contributed by atoms with Gasteiger partial charge in [-0.05, 0) is 45.6 Å². The van der Waals surface area contributed by atoms with E-state index in [0.717, 1.165) is 25.8 Å². The lowest BCUT2D eigenvalue weighted by atomic mass is 9.90. The van der Waals surface area contributed by atoms with Crippen molar-refractivity contribution in [2.24, 2.45) is 0 Å². The van der Waals surface area contributed by atoms with Crippen molar-refractivity contribution in [2.45, 2.75) is 76.2 Å². The van der Waals surface area contributed by atoms with Crippen molar-refractivity contribution in [1.82, 2.24) is 4.90 Å². The molecule has 3 nitrogen and oxygen atoms in total. The van der Waals surface area contributed by atoms with Crippen LogP contribution in [0.5, 0.6) is 0 Å². The lowest BCUT2D eigenvalue weighted by Crippen LogP contribution is -2.48. The zero-order chi connectivity index (χ0) is 11.5. The van der Waals surface area contributed by atoms with E-state index < -0.39 is 0 Å². The van der Waals surface area contributed by atoms with Crippen LogP contribution in [0, 0.1) is 0 Å². The Morgan fingerprint density at radius 3 is 2.62 bits per heavy atom. The molecular formula is C13H25NO2. The molecule has 0 aromatic rings. The number of nitrogens with zero attached hydrogens (tertiary/aromatic N) is 1. The molecule has 0 aromatic heterocycles. The molecule has 2 rings (SSSR count). The average molecular weight is 227 g/mol.